The Morgan fingerprint density at radius 1 is 1.45 bits per heavy atom. The lowest BCUT2D eigenvalue weighted by Gasteiger charge is -2.32. The summed E-state index contributed by atoms with van der Waals surface area (Å²) in [6, 6.07) is 1.78. The highest BCUT2D eigenvalue weighted by atomic mass is 16.2. The molecule has 1 fully saturated rings. The molecule has 1 aliphatic rings. The van der Waals surface area contributed by atoms with Gasteiger partial charge < -0.3 is 10.2 Å². The van der Waals surface area contributed by atoms with Gasteiger partial charge in [0.25, 0.3) is 5.56 Å². The first-order valence-electron chi connectivity index (χ1n) is 7.54. The summed E-state index contributed by atoms with van der Waals surface area (Å²) >= 11 is 0. The highest BCUT2D eigenvalue weighted by Crippen LogP contribution is 2.15. The number of aryl methyl sites for hydroxylation is 2. The van der Waals surface area contributed by atoms with Gasteiger partial charge in [-0.1, -0.05) is 0 Å². The maximum atomic E-state index is 12.5. The molecule has 1 atom stereocenters. The van der Waals surface area contributed by atoms with Crippen molar-refractivity contribution in [3.05, 3.63) is 33.4 Å². The Bertz CT molecular complexity index is 776. The Labute approximate surface area is 128 Å². The molecule has 0 unspecified atom stereocenters. The summed E-state index contributed by atoms with van der Waals surface area (Å²) < 4.78 is 1.65. The molecule has 2 aromatic heterocycles. The summed E-state index contributed by atoms with van der Waals surface area (Å²) in [5.74, 6) is 0.107. The van der Waals surface area contributed by atoms with Gasteiger partial charge in [-0.05, 0) is 20.8 Å². The van der Waals surface area contributed by atoms with Crippen LogP contribution in [0.4, 0.5) is 0 Å². The predicted octanol–water partition coefficient (Wildman–Crippen LogP) is 0.00224. The molecule has 0 bridgehead atoms. The van der Waals surface area contributed by atoms with Crippen LogP contribution < -0.4 is 10.9 Å². The molecule has 2 aromatic rings. The van der Waals surface area contributed by atoms with Crippen molar-refractivity contribution in [2.45, 2.75) is 33.2 Å². The van der Waals surface area contributed by atoms with E-state index in [0.717, 1.165) is 36.6 Å². The SMILES string of the molecule is Cc1nc2cc(=O)[nH]n2c(C)c1CC(=O)N1CCN[C@H](C)C1. The molecule has 0 aliphatic carbocycles. The van der Waals surface area contributed by atoms with Gasteiger partial charge in [-0.25, -0.2) is 9.50 Å². The van der Waals surface area contributed by atoms with E-state index < -0.39 is 0 Å². The van der Waals surface area contributed by atoms with Crippen molar-refractivity contribution in [3.8, 4) is 0 Å². The number of H-pyrrole nitrogens is 1. The first kappa shape index (κ1) is 14.8. The second-order valence-corrected chi connectivity index (χ2v) is 5.95. The fourth-order valence-corrected chi connectivity index (χ4v) is 3.03. The highest BCUT2D eigenvalue weighted by Gasteiger charge is 2.22. The van der Waals surface area contributed by atoms with E-state index in [1.807, 2.05) is 18.7 Å². The summed E-state index contributed by atoms with van der Waals surface area (Å²) in [5.41, 5.74) is 2.95. The summed E-state index contributed by atoms with van der Waals surface area (Å²) in [6.07, 6.45) is 0.313. The van der Waals surface area contributed by atoms with E-state index in [-0.39, 0.29) is 11.5 Å². The molecule has 0 spiro atoms. The molecule has 0 radical (unpaired) electrons. The maximum absolute atomic E-state index is 12.5. The lowest BCUT2D eigenvalue weighted by molar-refractivity contribution is -0.131. The van der Waals surface area contributed by atoms with Gasteiger partial charge in [-0.3, -0.25) is 14.7 Å². The third-order valence-electron chi connectivity index (χ3n) is 4.25. The van der Waals surface area contributed by atoms with Crippen LogP contribution in [0.2, 0.25) is 0 Å². The molecule has 22 heavy (non-hydrogen) atoms. The number of aromatic amines is 1. The van der Waals surface area contributed by atoms with Gasteiger partial charge in [0.05, 0.1) is 6.42 Å². The normalized spacial score (nSPS) is 18.9. The number of amides is 1. The summed E-state index contributed by atoms with van der Waals surface area (Å²) in [7, 11) is 0. The quantitative estimate of drug-likeness (QED) is 0.818. The van der Waals surface area contributed by atoms with Gasteiger partial charge in [0.15, 0.2) is 5.65 Å². The van der Waals surface area contributed by atoms with E-state index in [1.54, 1.807) is 4.52 Å². The zero-order valence-electron chi connectivity index (χ0n) is 13.1. The van der Waals surface area contributed by atoms with Gasteiger partial charge in [-0.2, -0.15) is 0 Å². The van der Waals surface area contributed by atoms with Gasteiger partial charge in [0, 0.05) is 48.7 Å². The van der Waals surface area contributed by atoms with Crippen molar-refractivity contribution in [1.29, 1.82) is 0 Å². The van der Waals surface area contributed by atoms with E-state index in [1.165, 1.54) is 6.07 Å². The second kappa shape index (κ2) is 5.57. The predicted molar refractivity (Wildman–Crippen MR) is 83.0 cm³/mol. The number of fused-ring (bicyclic) bond motifs is 1. The highest BCUT2D eigenvalue weighted by molar-refractivity contribution is 5.79. The standard InChI is InChI=1S/C15H21N5O2/c1-9-8-19(5-4-16-9)15(22)6-12-10(2)17-13-7-14(21)18-20(13)11(12)3/h7,9,16H,4-6,8H2,1-3H3,(H,18,21)/t9-/m1/s1. The van der Waals surface area contributed by atoms with Gasteiger partial charge in [0.1, 0.15) is 0 Å². The third kappa shape index (κ3) is 2.64. The smallest absolute Gasteiger partial charge is 0.266 e. The number of hydrogen-bond donors (Lipinski definition) is 2. The lowest BCUT2D eigenvalue weighted by Crippen LogP contribution is -2.51. The fraction of sp³-hybridized carbons (Fsp3) is 0.533. The molecule has 3 heterocycles. The Morgan fingerprint density at radius 3 is 2.95 bits per heavy atom. The molecule has 7 nitrogen and oxygen atoms in total. The first-order chi connectivity index (χ1) is 10.5. The van der Waals surface area contributed by atoms with Crippen LogP contribution in [0.5, 0.6) is 0 Å². The first-order valence-corrected chi connectivity index (χ1v) is 7.54. The Hall–Kier alpha value is -2.15. The zero-order chi connectivity index (χ0) is 15.9. The van der Waals surface area contributed by atoms with E-state index in [4.69, 9.17) is 0 Å². The van der Waals surface area contributed by atoms with Crippen molar-refractivity contribution in [2.24, 2.45) is 0 Å². The minimum atomic E-state index is -0.186. The van der Waals surface area contributed by atoms with Crippen molar-refractivity contribution in [3.63, 3.8) is 0 Å². The average molecular weight is 303 g/mol. The van der Waals surface area contributed by atoms with Crippen LogP contribution in [-0.4, -0.2) is 51.1 Å². The number of aromatic nitrogens is 3. The minimum absolute atomic E-state index is 0.107. The number of rotatable bonds is 2. The molecule has 0 aromatic carbocycles. The minimum Gasteiger partial charge on any atom is -0.340 e. The maximum Gasteiger partial charge on any atom is 0.266 e. The van der Waals surface area contributed by atoms with Crippen LogP contribution >= 0.6 is 0 Å². The van der Waals surface area contributed by atoms with Crippen molar-refractivity contribution < 1.29 is 4.79 Å². The monoisotopic (exact) mass is 303 g/mol. The number of carbonyl (C=O) groups excluding carboxylic acids is 1. The summed E-state index contributed by atoms with van der Waals surface area (Å²) in [4.78, 5) is 30.3. The van der Waals surface area contributed by atoms with Crippen LogP contribution in [0.3, 0.4) is 0 Å². The largest absolute Gasteiger partial charge is 0.340 e. The van der Waals surface area contributed by atoms with Crippen molar-refractivity contribution in [1.82, 2.24) is 24.8 Å². The molecular weight excluding hydrogens is 282 g/mol. The molecule has 1 amide bonds. The third-order valence-corrected chi connectivity index (χ3v) is 4.25. The lowest BCUT2D eigenvalue weighted by atomic mass is 10.1. The van der Waals surface area contributed by atoms with Gasteiger partial charge >= 0.3 is 0 Å². The van der Waals surface area contributed by atoms with Crippen molar-refractivity contribution >= 4 is 11.6 Å². The second-order valence-electron chi connectivity index (χ2n) is 5.95. The van der Waals surface area contributed by atoms with Gasteiger partial charge in [0.2, 0.25) is 5.91 Å². The average Bonchev–Trinajstić information content (AvgIpc) is 2.84. The van der Waals surface area contributed by atoms with Crippen LogP contribution in [0.15, 0.2) is 10.9 Å². The number of piperazine rings is 1. The molecule has 1 aliphatic heterocycles. The molecular formula is C15H21N5O2. The summed E-state index contributed by atoms with van der Waals surface area (Å²) in [5, 5.41) is 6.05. The van der Waals surface area contributed by atoms with Crippen LogP contribution in [0.25, 0.3) is 5.65 Å². The number of nitrogens with one attached hydrogen (secondary N) is 2. The Balaban J connectivity index is 1.89. The fourth-order valence-electron chi connectivity index (χ4n) is 3.03. The number of hydrogen-bond acceptors (Lipinski definition) is 4. The van der Waals surface area contributed by atoms with E-state index >= 15 is 0 Å². The van der Waals surface area contributed by atoms with E-state index in [9.17, 15) is 9.59 Å². The van der Waals surface area contributed by atoms with Gasteiger partial charge in [-0.15, -0.1) is 0 Å². The molecule has 7 heteroatoms. The Morgan fingerprint density at radius 2 is 2.23 bits per heavy atom. The molecule has 0 saturated carbocycles. The Kier molecular flexibility index (Phi) is 3.74. The molecule has 3 rings (SSSR count). The number of carbonyl (C=O) groups is 1. The molecule has 2 N–H and O–H groups in total. The van der Waals surface area contributed by atoms with Crippen LogP contribution in [-0.2, 0) is 11.2 Å². The number of nitrogens with zero attached hydrogens (tertiary/aromatic N) is 3. The van der Waals surface area contributed by atoms with Crippen LogP contribution in [0.1, 0.15) is 23.9 Å². The molecule has 118 valence electrons. The topological polar surface area (TPSA) is 82.5 Å². The van der Waals surface area contributed by atoms with Crippen molar-refractivity contribution in [2.75, 3.05) is 19.6 Å². The van der Waals surface area contributed by atoms with E-state index in [2.05, 4.69) is 22.3 Å². The molecule has 1 saturated heterocycles. The summed E-state index contributed by atoms with van der Waals surface area (Å²) in [6.45, 7) is 8.15. The van der Waals surface area contributed by atoms with Crippen LogP contribution in [0, 0.1) is 13.8 Å². The zero-order valence-corrected chi connectivity index (χ0v) is 13.1. The van der Waals surface area contributed by atoms with E-state index in [0.29, 0.717) is 18.1 Å².